The molecule has 0 fully saturated rings. The van der Waals surface area contributed by atoms with Gasteiger partial charge in [0, 0.05) is 12.1 Å². The van der Waals surface area contributed by atoms with E-state index in [2.05, 4.69) is 27.6 Å². The third kappa shape index (κ3) is 4.00. The number of urea groups is 1. The molecule has 2 aromatic rings. The van der Waals surface area contributed by atoms with Gasteiger partial charge in [-0.15, -0.1) is 0 Å². The molecule has 0 saturated heterocycles. The first kappa shape index (κ1) is 15.3. The van der Waals surface area contributed by atoms with E-state index in [1.54, 1.807) is 6.33 Å². The van der Waals surface area contributed by atoms with Gasteiger partial charge >= 0.3 is 6.03 Å². The zero-order valence-corrected chi connectivity index (χ0v) is 13.2. The molecule has 1 atom stereocenters. The molecule has 0 bridgehead atoms. The fourth-order valence-electron chi connectivity index (χ4n) is 2.56. The number of amides is 2. The molecule has 7 heteroatoms. The smallest absolute Gasteiger partial charge is 0.319 e. The van der Waals surface area contributed by atoms with Crippen LogP contribution in [0.25, 0.3) is 0 Å². The molecule has 1 aromatic heterocycles. The number of carbonyl (C=O) groups is 1. The summed E-state index contributed by atoms with van der Waals surface area (Å²) in [5.41, 5.74) is 0.739. The number of aryl methyl sites for hydroxylation is 1. The van der Waals surface area contributed by atoms with Crippen LogP contribution in [0, 0.1) is 0 Å². The van der Waals surface area contributed by atoms with Gasteiger partial charge in [0.15, 0.2) is 0 Å². The Hall–Kier alpha value is -2.57. The standard InChI is InChI=1S/C16H21N5O2/c1-2-9-23-14-6-3-12(4-7-14)19-16(22)20-13-5-8-15-17-11-18-21(15)10-13/h3-4,6-7,11,13H,2,5,8-10H2,1H3,(H2,19,20,22)/t13-/m0/s1. The van der Waals surface area contributed by atoms with Gasteiger partial charge in [-0.3, -0.25) is 0 Å². The fourth-order valence-corrected chi connectivity index (χ4v) is 2.56. The van der Waals surface area contributed by atoms with E-state index < -0.39 is 0 Å². The molecule has 122 valence electrons. The molecule has 1 aliphatic rings. The summed E-state index contributed by atoms with van der Waals surface area (Å²) in [4.78, 5) is 16.3. The second-order valence-electron chi connectivity index (χ2n) is 5.57. The lowest BCUT2D eigenvalue weighted by atomic mass is 10.1. The highest BCUT2D eigenvalue weighted by Crippen LogP contribution is 2.16. The van der Waals surface area contributed by atoms with Gasteiger partial charge in [-0.2, -0.15) is 5.10 Å². The number of fused-ring (bicyclic) bond motifs is 1. The molecule has 2 heterocycles. The lowest BCUT2D eigenvalue weighted by Gasteiger charge is -2.23. The number of aromatic nitrogens is 3. The Labute approximate surface area is 135 Å². The van der Waals surface area contributed by atoms with Crippen molar-refractivity contribution in [2.75, 3.05) is 11.9 Å². The molecule has 2 amide bonds. The van der Waals surface area contributed by atoms with Crippen LogP contribution in [0.2, 0.25) is 0 Å². The van der Waals surface area contributed by atoms with Crippen molar-refractivity contribution in [3.8, 4) is 5.75 Å². The van der Waals surface area contributed by atoms with Gasteiger partial charge in [-0.05, 0) is 37.1 Å². The van der Waals surface area contributed by atoms with Gasteiger partial charge in [0.1, 0.15) is 17.9 Å². The van der Waals surface area contributed by atoms with Crippen molar-refractivity contribution < 1.29 is 9.53 Å². The minimum Gasteiger partial charge on any atom is -0.494 e. The molecule has 23 heavy (non-hydrogen) atoms. The van der Waals surface area contributed by atoms with Crippen molar-refractivity contribution in [2.24, 2.45) is 0 Å². The number of ether oxygens (including phenoxy) is 1. The maximum absolute atomic E-state index is 12.1. The Kier molecular flexibility index (Phi) is 4.75. The first-order valence-electron chi connectivity index (χ1n) is 7.91. The summed E-state index contributed by atoms with van der Waals surface area (Å²) < 4.78 is 7.36. The number of nitrogens with one attached hydrogen (secondary N) is 2. The monoisotopic (exact) mass is 315 g/mol. The van der Waals surface area contributed by atoms with Crippen molar-refractivity contribution in [1.29, 1.82) is 0 Å². The van der Waals surface area contributed by atoms with Gasteiger partial charge < -0.3 is 15.4 Å². The zero-order chi connectivity index (χ0) is 16.1. The summed E-state index contributed by atoms with van der Waals surface area (Å²) in [6, 6.07) is 7.24. The van der Waals surface area contributed by atoms with Crippen molar-refractivity contribution in [3.05, 3.63) is 36.4 Å². The van der Waals surface area contributed by atoms with E-state index in [9.17, 15) is 4.79 Å². The fraction of sp³-hybridized carbons (Fsp3) is 0.438. The second kappa shape index (κ2) is 7.13. The molecule has 1 aliphatic heterocycles. The van der Waals surface area contributed by atoms with Gasteiger partial charge in [0.2, 0.25) is 0 Å². The van der Waals surface area contributed by atoms with Gasteiger partial charge in [0.25, 0.3) is 0 Å². The number of hydrogen-bond acceptors (Lipinski definition) is 4. The molecular weight excluding hydrogens is 294 g/mol. The first-order chi connectivity index (χ1) is 11.2. The number of carbonyl (C=O) groups excluding carboxylic acids is 1. The van der Waals surface area contributed by atoms with E-state index in [0.717, 1.165) is 36.5 Å². The quantitative estimate of drug-likeness (QED) is 0.886. The third-order valence-corrected chi connectivity index (χ3v) is 3.73. The van der Waals surface area contributed by atoms with Crippen LogP contribution in [0.5, 0.6) is 5.75 Å². The van der Waals surface area contributed by atoms with Crippen LogP contribution in [0.15, 0.2) is 30.6 Å². The maximum Gasteiger partial charge on any atom is 0.319 e. The molecular formula is C16H21N5O2. The van der Waals surface area contributed by atoms with Crippen molar-refractivity contribution >= 4 is 11.7 Å². The van der Waals surface area contributed by atoms with Crippen LogP contribution in [-0.2, 0) is 13.0 Å². The lowest BCUT2D eigenvalue weighted by molar-refractivity contribution is 0.243. The Morgan fingerprint density at radius 3 is 3.00 bits per heavy atom. The highest BCUT2D eigenvalue weighted by molar-refractivity contribution is 5.89. The minimum atomic E-state index is -0.208. The normalized spacial score (nSPS) is 16.5. The molecule has 0 unspecified atom stereocenters. The van der Waals surface area contributed by atoms with E-state index in [1.807, 2.05) is 28.9 Å². The Morgan fingerprint density at radius 1 is 1.39 bits per heavy atom. The summed E-state index contributed by atoms with van der Waals surface area (Å²) >= 11 is 0. The Bertz CT molecular complexity index is 653. The van der Waals surface area contributed by atoms with E-state index in [1.165, 1.54) is 0 Å². The van der Waals surface area contributed by atoms with Crippen LogP contribution < -0.4 is 15.4 Å². The second-order valence-corrected chi connectivity index (χ2v) is 5.57. The van der Waals surface area contributed by atoms with Gasteiger partial charge in [-0.1, -0.05) is 6.92 Å². The van der Waals surface area contributed by atoms with Gasteiger partial charge in [-0.25, -0.2) is 14.5 Å². The van der Waals surface area contributed by atoms with Crippen LogP contribution in [0.1, 0.15) is 25.6 Å². The van der Waals surface area contributed by atoms with Crippen LogP contribution in [0.4, 0.5) is 10.5 Å². The van der Waals surface area contributed by atoms with Crippen LogP contribution in [-0.4, -0.2) is 33.4 Å². The van der Waals surface area contributed by atoms with Crippen molar-refractivity contribution in [2.45, 2.75) is 38.8 Å². The van der Waals surface area contributed by atoms with Crippen LogP contribution in [0.3, 0.4) is 0 Å². The molecule has 0 aliphatic carbocycles. The summed E-state index contributed by atoms with van der Waals surface area (Å²) in [5.74, 6) is 1.79. The first-order valence-corrected chi connectivity index (χ1v) is 7.91. The molecule has 0 radical (unpaired) electrons. The van der Waals surface area contributed by atoms with E-state index >= 15 is 0 Å². The van der Waals surface area contributed by atoms with E-state index in [-0.39, 0.29) is 12.1 Å². The number of benzene rings is 1. The largest absolute Gasteiger partial charge is 0.494 e. The highest BCUT2D eigenvalue weighted by Gasteiger charge is 2.21. The average Bonchev–Trinajstić information content (AvgIpc) is 3.02. The molecule has 0 saturated carbocycles. The van der Waals surface area contributed by atoms with Gasteiger partial charge in [0.05, 0.1) is 19.2 Å². The van der Waals surface area contributed by atoms with Crippen molar-refractivity contribution in [1.82, 2.24) is 20.1 Å². The third-order valence-electron chi connectivity index (χ3n) is 3.73. The molecule has 0 spiro atoms. The Balaban J connectivity index is 1.49. The SMILES string of the molecule is CCCOc1ccc(NC(=O)N[C@H]2CCc3ncnn3C2)cc1. The lowest BCUT2D eigenvalue weighted by Crippen LogP contribution is -2.43. The summed E-state index contributed by atoms with van der Waals surface area (Å²) in [7, 11) is 0. The average molecular weight is 315 g/mol. The maximum atomic E-state index is 12.1. The topological polar surface area (TPSA) is 81.1 Å². The summed E-state index contributed by atoms with van der Waals surface area (Å²) in [6.45, 7) is 3.42. The number of nitrogens with zero attached hydrogens (tertiary/aromatic N) is 3. The molecule has 3 rings (SSSR count). The number of anilines is 1. The molecule has 2 N–H and O–H groups in total. The highest BCUT2D eigenvalue weighted by atomic mass is 16.5. The minimum absolute atomic E-state index is 0.0661. The summed E-state index contributed by atoms with van der Waals surface area (Å²) in [5, 5.41) is 9.97. The molecule has 7 nitrogen and oxygen atoms in total. The number of hydrogen-bond donors (Lipinski definition) is 2. The predicted octanol–water partition coefficient (Wildman–Crippen LogP) is 2.20. The van der Waals surface area contributed by atoms with E-state index in [4.69, 9.17) is 4.74 Å². The molecule has 1 aromatic carbocycles. The number of rotatable bonds is 5. The predicted molar refractivity (Wildman–Crippen MR) is 86.5 cm³/mol. The van der Waals surface area contributed by atoms with Crippen LogP contribution >= 0.6 is 0 Å². The summed E-state index contributed by atoms with van der Waals surface area (Å²) in [6.07, 6.45) is 4.22. The van der Waals surface area contributed by atoms with E-state index in [0.29, 0.717) is 13.2 Å². The van der Waals surface area contributed by atoms with Crippen molar-refractivity contribution in [3.63, 3.8) is 0 Å². The zero-order valence-electron chi connectivity index (χ0n) is 13.2. The Morgan fingerprint density at radius 2 is 2.22 bits per heavy atom.